The lowest BCUT2D eigenvalue weighted by Crippen LogP contribution is -2.09. The molecular formula is C14H16FN3. The average Bonchev–Trinajstić information content (AvgIpc) is 2.34. The first-order chi connectivity index (χ1) is 8.58. The Balaban J connectivity index is 2.19. The summed E-state index contributed by atoms with van der Waals surface area (Å²) in [4.78, 5) is 0. The van der Waals surface area contributed by atoms with Gasteiger partial charge in [0.1, 0.15) is 5.82 Å². The lowest BCUT2D eigenvalue weighted by atomic mass is 10.1. The Morgan fingerprint density at radius 3 is 2.44 bits per heavy atom. The molecule has 3 nitrogen and oxygen atoms in total. The zero-order chi connectivity index (χ0) is 13.1. The third-order valence-corrected chi connectivity index (χ3v) is 2.84. The van der Waals surface area contributed by atoms with Gasteiger partial charge in [0.15, 0.2) is 0 Å². The van der Waals surface area contributed by atoms with Crippen LogP contribution < -0.4 is 16.8 Å². The molecule has 0 saturated heterocycles. The molecule has 0 aliphatic rings. The highest BCUT2D eigenvalue weighted by atomic mass is 19.1. The third-order valence-electron chi connectivity index (χ3n) is 2.84. The van der Waals surface area contributed by atoms with Crippen LogP contribution in [0.5, 0.6) is 0 Å². The molecule has 5 N–H and O–H groups in total. The van der Waals surface area contributed by atoms with E-state index in [1.54, 1.807) is 24.3 Å². The van der Waals surface area contributed by atoms with Gasteiger partial charge in [-0.1, -0.05) is 18.2 Å². The van der Waals surface area contributed by atoms with Gasteiger partial charge < -0.3 is 16.8 Å². The largest absolute Gasteiger partial charge is 0.397 e. The molecule has 1 atom stereocenters. The van der Waals surface area contributed by atoms with Crippen molar-refractivity contribution in [3.8, 4) is 0 Å². The molecule has 0 saturated carbocycles. The lowest BCUT2D eigenvalue weighted by Gasteiger charge is -2.17. The number of nitrogen functional groups attached to an aromatic ring is 2. The van der Waals surface area contributed by atoms with E-state index < -0.39 is 0 Å². The Morgan fingerprint density at radius 2 is 1.78 bits per heavy atom. The Bertz CT molecular complexity index is 554. The van der Waals surface area contributed by atoms with Crippen molar-refractivity contribution in [2.24, 2.45) is 0 Å². The molecule has 0 aliphatic carbocycles. The van der Waals surface area contributed by atoms with Gasteiger partial charge in [0, 0.05) is 11.3 Å². The highest BCUT2D eigenvalue weighted by Gasteiger charge is 2.10. The standard InChI is InChI=1S/C14H16FN3/c1-9(11-4-2-3-5-12(11)15)18-10-6-7-13(16)14(17)8-10/h2-9,18H,16-17H2,1H3. The quantitative estimate of drug-likeness (QED) is 0.728. The molecule has 0 spiro atoms. The molecule has 18 heavy (non-hydrogen) atoms. The molecule has 0 aliphatic heterocycles. The molecular weight excluding hydrogens is 229 g/mol. The van der Waals surface area contributed by atoms with Crippen LogP contribution in [0.2, 0.25) is 0 Å². The molecule has 0 aromatic heterocycles. The van der Waals surface area contributed by atoms with Gasteiger partial charge in [-0.15, -0.1) is 0 Å². The first-order valence-corrected chi connectivity index (χ1v) is 5.74. The molecule has 0 heterocycles. The molecule has 2 rings (SSSR count). The van der Waals surface area contributed by atoms with Crippen LogP contribution in [-0.4, -0.2) is 0 Å². The van der Waals surface area contributed by atoms with E-state index in [-0.39, 0.29) is 11.9 Å². The number of nitrogens with two attached hydrogens (primary N) is 2. The van der Waals surface area contributed by atoms with E-state index in [0.29, 0.717) is 16.9 Å². The molecule has 2 aromatic rings. The fourth-order valence-corrected chi connectivity index (χ4v) is 1.82. The highest BCUT2D eigenvalue weighted by Crippen LogP contribution is 2.25. The van der Waals surface area contributed by atoms with Crippen LogP contribution in [0.3, 0.4) is 0 Å². The molecule has 4 heteroatoms. The van der Waals surface area contributed by atoms with E-state index in [1.807, 2.05) is 19.1 Å². The summed E-state index contributed by atoms with van der Waals surface area (Å²) in [5.41, 5.74) is 13.9. The highest BCUT2D eigenvalue weighted by molar-refractivity contribution is 5.69. The van der Waals surface area contributed by atoms with Crippen LogP contribution >= 0.6 is 0 Å². The molecule has 94 valence electrons. The third kappa shape index (κ3) is 2.53. The van der Waals surface area contributed by atoms with Gasteiger partial charge >= 0.3 is 0 Å². The molecule has 0 bridgehead atoms. The van der Waals surface area contributed by atoms with E-state index in [1.165, 1.54) is 6.07 Å². The second-order valence-corrected chi connectivity index (χ2v) is 4.23. The first-order valence-electron chi connectivity index (χ1n) is 5.74. The maximum atomic E-state index is 13.6. The molecule has 0 amide bonds. The average molecular weight is 245 g/mol. The van der Waals surface area contributed by atoms with E-state index in [4.69, 9.17) is 11.5 Å². The summed E-state index contributed by atoms with van der Waals surface area (Å²) in [5, 5.41) is 3.19. The summed E-state index contributed by atoms with van der Waals surface area (Å²) in [6, 6.07) is 11.8. The van der Waals surface area contributed by atoms with Crippen molar-refractivity contribution in [2.75, 3.05) is 16.8 Å². The summed E-state index contributed by atoms with van der Waals surface area (Å²) in [6.45, 7) is 1.89. The fraction of sp³-hybridized carbons (Fsp3) is 0.143. The topological polar surface area (TPSA) is 64.1 Å². The number of anilines is 3. The van der Waals surface area contributed by atoms with E-state index in [9.17, 15) is 4.39 Å². The predicted octanol–water partition coefficient (Wildman–Crippen LogP) is 3.16. The van der Waals surface area contributed by atoms with Crippen molar-refractivity contribution in [3.63, 3.8) is 0 Å². The first kappa shape index (κ1) is 12.2. The van der Waals surface area contributed by atoms with Gasteiger partial charge in [-0.25, -0.2) is 4.39 Å². The van der Waals surface area contributed by atoms with Crippen LogP contribution in [-0.2, 0) is 0 Å². The Hall–Kier alpha value is -2.23. The van der Waals surface area contributed by atoms with Crippen LogP contribution in [0.4, 0.5) is 21.5 Å². The van der Waals surface area contributed by atoms with Crippen molar-refractivity contribution < 1.29 is 4.39 Å². The van der Waals surface area contributed by atoms with Gasteiger partial charge in [0.2, 0.25) is 0 Å². The van der Waals surface area contributed by atoms with Crippen LogP contribution in [0, 0.1) is 5.82 Å². The van der Waals surface area contributed by atoms with Gasteiger partial charge in [0.25, 0.3) is 0 Å². The van der Waals surface area contributed by atoms with Crippen molar-refractivity contribution in [1.82, 2.24) is 0 Å². The Kier molecular flexibility index (Phi) is 3.37. The van der Waals surface area contributed by atoms with E-state index in [0.717, 1.165) is 5.69 Å². The molecule has 2 aromatic carbocycles. The maximum absolute atomic E-state index is 13.6. The molecule has 0 radical (unpaired) electrons. The molecule has 1 unspecified atom stereocenters. The predicted molar refractivity (Wildman–Crippen MR) is 73.7 cm³/mol. The van der Waals surface area contributed by atoms with Crippen molar-refractivity contribution >= 4 is 17.1 Å². The SMILES string of the molecule is CC(Nc1ccc(N)c(N)c1)c1ccccc1F. The second-order valence-electron chi connectivity index (χ2n) is 4.23. The van der Waals surface area contributed by atoms with Crippen molar-refractivity contribution in [2.45, 2.75) is 13.0 Å². The number of hydrogen-bond donors (Lipinski definition) is 3. The summed E-state index contributed by atoms with van der Waals surface area (Å²) in [7, 11) is 0. The number of hydrogen-bond acceptors (Lipinski definition) is 3. The number of rotatable bonds is 3. The van der Waals surface area contributed by atoms with Crippen LogP contribution in [0.15, 0.2) is 42.5 Å². The minimum atomic E-state index is -0.221. The Morgan fingerprint density at radius 1 is 1.06 bits per heavy atom. The lowest BCUT2D eigenvalue weighted by molar-refractivity contribution is 0.600. The smallest absolute Gasteiger partial charge is 0.128 e. The van der Waals surface area contributed by atoms with Gasteiger partial charge in [0.05, 0.1) is 17.4 Å². The monoisotopic (exact) mass is 245 g/mol. The normalized spacial score (nSPS) is 12.1. The number of halogens is 1. The minimum Gasteiger partial charge on any atom is -0.397 e. The van der Waals surface area contributed by atoms with E-state index in [2.05, 4.69) is 5.32 Å². The van der Waals surface area contributed by atoms with Gasteiger partial charge in [-0.2, -0.15) is 0 Å². The minimum absolute atomic E-state index is 0.144. The van der Waals surface area contributed by atoms with Crippen molar-refractivity contribution in [1.29, 1.82) is 0 Å². The zero-order valence-corrected chi connectivity index (χ0v) is 10.2. The van der Waals surface area contributed by atoms with Crippen molar-refractivity contribution in [3.05, 3.63) is 53.8 Å². The molecule has 0 fully saturated rings. The van der Waals surface area contributed by atoms with Gasteiger partial charge in [-0.3, -0.25) is 0 Å². The second kappa shape index (κ2) is 4.96. The number of nitrogens with one attached hydrogen (secondary N) is 1. The summed E-state index contributed by atoms with van der Waals surface area (Å²) in [6.07, 6.45) is 0. The summed E-state index contributed by atoms with van der Waals surface area (Å²) in [5.74, 6) is -0.221. The zero-order valence-electron chi connectivity index (χ0n) is 10.2. The van der Waals surface area contributed by atoms with Crippen LogP contribution in [0.1, 0.15) is 18.5 Å². The van der Waals surface area contributed by atoms with Crippen LogP contribution in [0.25, 0.3) is 0 Å². The van der Waals surface area contributed by atoms with E-state index >= 15 is 0 Å². The summed E-state index contributed by atoms with van der Waals surface area (Å²) >= 11 is 0. The Labute approximate surface area is 106 Å². The maximum Gasteiger partial charge on any atom is 0.128 e. The van der Waals surface area contributed by atoms with Gasteiger partial charge in [-0.05, 0) is 31.2 Å². The fourth-order valence-electron chi connectivity index (χ4n) is 1.82. The summed E-state index contributed by atoms with van der Waals surface area (Å²) < 4.78 is 13.6. The number of benzene rings is 2.